The van der Waals surface area contributed by atoms with Crippen LogP contribution in [0.5, 0.6) is 0 Å². The van der Waals surface area contributed by atoms with Gasteiger partial charge in [0.15, 0.2) is 0 Å². The van der Waals surface area contributed by atoms with E-state index in [4.69, 9.17) is 29.6 Å². The number of nitrogens with zero attached hydrogens (tertiary/aromatic N) is 1. The SMILES string of the molecule is C#CCN1C(=O)C(=O)c2c(Cl)ccc(Cl)c21. The number of anilines is 1. The topological polar surface area (TPSA) is 37.4 Å². The summed E-state index contributed by atoms with van der Waals surface area (Å²) in [6, 6.07) is 3.01. The number of terminal acetylenes is 1. The lowest BCUT2D eigenvalue weighted by atomic mass is 10.1. The molecular weight excluding hydrogens is 249 g/mol. The third-order valence-corrected chi connectivity index (χ3v) is 2.88. The molecule has 0 radical (unpaired) electrons. The Bertz CT molecular complexity index is 546. The number of ketones is 1. The zero-order valence-corrected chi connectivity index (χ0v) is 9.47. The van der Waals surface area contributed by atoms with Gasteiger partial charge in [-0.05, 0) is 12.1 Å². The average Bonchev–Trinajstić information content (AvgIpc) is 2.50. The van der Waals surface area contributed by atoms with E-state index in [0.717, 1.165) is 4.90 Å². The molecule has 0 unspecified atom stereocenters. The maximum atomic E-state index is 11.7. The van der Waals surface area contributed by atoms with Gasteiger partial charge in [-0.25, -0.2) is 0 Å². The summed E-state index contributed by atoms with van der Waals surface area (Å²) < 4.78 is 0. The summed E-state index contributed by atoms with van der Waals surface area (Å²) in [5.74, 6) is 0.939. The lowest BCUT2D eigenvalue weighted by Gasteiger charge is -2.14. The number of fused-ring (bicyclic) bond motifs is 1. The molecule has 5 heteroatoms. The van der Waals surface area contributed by atoms with E-state index in [2.05, 4.69) is 5.92 Å². The minimum absolute atomic E-state index is 0.00235. The van der Waals surface area contributed by atoms with Gasteiger partial charge < -0.3 is 0 Å². The van der Waals surface area contributed by atoms with Crippen molar-refractivity contribution in [2.75, 3.05) is 11.4 Å². The van der Waals surface area contributed by atoms with E-state index < -0.39 is 11.7 Å². The molecule has 0 spiro atoms. The summed E-state index contributed by atoms with van der Waals surface area (Å²) in [6.45, 7) is -0.00235. The molecule has 0 aromatic heterocycles. The van der Waals surface area contributed by atoms with Crippen molar-refractivity contribution in [3.8, 4) is 12.3 Å². The summed E-state index contributed by atoms with van der Waals surface area (Å²) in [7, 11) is 0. The van der Waals surface area contributed by atoms with Crippen molar-refractivity contribution in [3.63, 3.8) is 0 Å². The smallest absolute Gasteiger partial charge is 0.292 e. The largest absolute Gasteiger partial charge is 0.300 e. The number of carbonyl (C=O) groups excluding carboxylic acids is 2. The summed E-state index contributed by atoms with van der Waals surface area (Å²) in [4.78, 5) is 24.4. The molecule has 16 heavy (non-hydrogen) atoms. The summed E-state index contributed by atoms with van der Waals surface area (Å²) in [5.41, 5.74) is 0.441. The molecule has 0 saturated heterocycles. The van der Waals surface area contributed by atoms with Crippen LogP contribution in [0.3, 0.4) is 0 Å². The Morgan fingerprint density at radius 3 is 2.50 bits per heavy atom. The fourth-order valence-electron chi connectivity index (χ4n) is 1.59. The molecule has 0 atom stereocenters. The van der Waals surface area contributed by atoms with Gasteiger partial charge in [-0.3, -0.25) is 14.5 Å². The summed E-state index contributed by atoms with van der Waals surface area (Å²) in [5, 5.41) is 0.492. The van der Waals surface area contributed by atoms with Crippen molar-refractivity contribution in [1.29, 1.82) is 0 Å². The third-order valence-electron chi connectivity index (χ3n) is 2.26. The predicted octanol–water partition coefficient (Wildman–Crippen LogP) is 2.16. The van der Waals surface area contributed by atoms with E-state index in [1.165, 1.54) is 12.1 Å². The number of halogens is 2. The fraction of sp³-hybridized carbons (Fsp3) is 0.0909. The molecule has 1 heterocycles. The van der Waals surface area contributed by atoms with E-state index in [0.29, 0.717) is 5.69 Å². The first kappa shape index (κ1) is 11.0. The van der Waals surface area contributed by atoms with Crippen LogP contribution in [0.4, 0.5) is 5.69 Å². The van der Waals surface area contributed by atoms with Gasteiger partial charge in [-0.1, -0.05) is 29.1 Å². The van der Waals surface area contributed by atoms with Crippen molar-refractivity contribution in [2.24, 2.45) is 0 Å². The quantitative estimate of drug-likeness (QED) is 0.568. The van der Waals surface area contributed by atoms with Crippen LogP contribution in [0.25, 0.3) is 0 Å². The number of hydrogen-bond donors (Lipinski definition) is 0. The molecule has 3 nitrogen and oxygen atoms in total. The van der Waals surface area contributed by atoms with Crippen LogP contribution in [0.2, 0.25) is 10.0 Å². The monoisotopic (exact) mass is 253 g/mol. The van der Waals surface area contributed by atoms with Crippen LogP contribution in [0, 0.1) is 12.3 Å². The number of amides is 1. The van der Waals surface area contributed by atoms with E-state index in [-0.39, 0.29) is 22.2 Å². The molecule has 1 aliphatic rings. The molecule has 1 aliphatic heterocycles. The lowest BCUT2D eigenvalue weighted by Crippen LogP contribution is -2.30. The predicted molar refractivity (Wildman–Crippen MR) is 62.0 cm³/mol. The Morgan fingerprint density at radius 2 is 1.88 bits per heavy atom. The highest BCUT2D eigenvalue weighted by Gasteiger charge is 2.38. The maximum Gasteiger partial charge on any atom is 0.300 e. The van der Waals surface area contributed by atoms with Crippen LogP contribution in [0.1, 0.15) is 10.4 Å². The highest BCUT2D eigenvalue weighted by Crippen LogP contribution is 2.39. The Kier molecular flexibility index (Phi) is 2.63. The molecule has 80 valence electrons. The summed E-state index contributed by atoms with van der Waals surface area (Å²) in [6.07, 6.45) is 5.13. The minimum atomic E-state index is -0.692. The lowest BCUT2D eigenvalue weighted by molar-refractivity contribution is -0.114. The van der Waals surface area contributed by atoms with E-state index >= 15 is 0 Å². The third kappa shape index (κ3) is 1.39. The van der Waals surface area contributed by atoms with Crippen molar-refractivity contribution in [1.82, 2.24) is 0 Å². The molecule has 1 amide bonds. The van der Waals surface area contributed by atoms with Crippen molar-refractivity contribution in [2.45, 2.75) is 0 Å². The molecule has 0 fully saturated rings. The van der Waals surface area contributed by atoms with Gasteiger partial charge in [0.05, 0.1) is 27.8 Å². The highest BCUT2D eigenvalue weighted by atomic mass is 35.5. The minimum Gasteiger partial charge on any atom is -0.292 e. The van der Waals surface area contributed by atoms with Crippen LogP contribution in [-0.2, 0) is 4.79 Å². The van der Waals surface area contributed by atoms with Crippen molar-refractivity contribution >= 4 is 40.6 Å². The second-order valence-corrected chi connectivity index (χ2v) is 3.99. The van der Waals surface area contributed by atoms with Gasteiger partial charge >= 0.3 is 0 Å². The van der Waals surface area contributed by atoms with Crippen LogP contribution >= 0.6 is 23.2 Å². The fourth-order valence-corrected chi connectivity index (χ4v) is 2.09. The van der Waals surface area contributed by atoms with Crippen LogP contribution in [0.15, 0.2) is 12.1 Å². The Labute approximate surface area is 102 Å². The number of benzene rings is 1. The van der Waals surface area contributed by atoms with Crippen LogP contribution in [-0.4, -0.2) is 18.2 Å². The zero-order valence-electron chi connectivity index (χ0n) is 7.96. The van der Waals surface area contributed by atoms with Gasteiger partial charge in [-0.2, -0.15) is 0 Å². The van der Waals surface area contributed by atoms with Gasteiger partial charge in [-0.15, -0.1) is 6.42 Å². The first-order valence-corrected chi connectivity index (χ1v) is 5.11. The second kappa shape index (κ2) is 3.82. The number of Topliss-reactive ketones (excluding diaryl/α,β-unsaturated/α-hetero) is 1. The van der Waals surface area contributed by atoms with E-state index in [1.54, 1.807) is 0 Å². The van der Waals surface area contributed by atoms with E-state index in [9.17, 15) is 9.59 Å². The molecule has 2 rings (SSSR count). The number of carbonyl (C=O) groups is 2. The molecular formula is C11H5Cl2NO2. The number of rotatable bonds is 1. The highest BCUT2D eigenvalue weighted by molar-refractivity contribution is 6.57. The molecule has 1 aromatic carbocycles. The van der Waals surface area contributed by atoms with Gasteiger partial charge in [0.1, 0.15) is 0 Å². The number of hydrogen-bond acceptors (Lipinski definition) is 2. The first-order valence-electron chi connectivity index (χ1n) is 4.35. The molecule has 0 N–H and O–H groups in total. The van der Waals surface area contributed by atoms with Crippen molar-refractivity contribution in [3.05, 3.63) is 27.7 Å². The summed E-state index contributed by atoms with van der Waals surface area (Å²) >= 11 is 11.8. The van der Waals surface area contributed by atoms with E-state index in [1.807, 2.05) is 0 Å². The Balaban J connectivity index is 2.70. The van der Waals surface area contributed by atoms with Gasteiger partial charge in [0.25, 0.3) is 11.7 Å². The maximum absolute atomic E-state index is 11.7. The normalized spacial score (nSPS) is 13.9. The van der Waals surface area contributed by atoms with Crippen LogP contribution < -0.4 is 4.90 Å². The first-order chi connectivity index (χ1) is 7.57. The second-order valence-electron chi connectivity index (χ2n) is 3.18. The van der Waals surface area contributed by atoms with Gasteiger partial charge in [0, 0.05) is 0 Å². The molecule has 0 bridgehead atoms. The average molecular weight is 254 g/mol. The zero-order chi connectivity index (χ0) is 11.9. The van der Waals surface area contributed by atoms with Gasteiger partial charge in [0.2, 0.25) is 0 Å². The van der Waals surface area contributed by atoms with Crippen molar-refractivity contribution < 1.29 is 9.59 Å². The Hall–Kier alpha value is -1.50. The Morgan fingerprint density at radius 1 is 1.25 bits per heavy atom. The molecule has 0 saturated carbocycles. The molecule has 1 aromatic rings. The standard InChI is InChI=1S/C11H5Cl2NO2/c1-2-5-14-9-7(13)4-3-6(12)8(9)10(15)11(14)16/h1,3-4H,5H2. The molecule has 0 aliphatic carbocycles.